The number of hydrogen-bond donors (Lipinski definition) is 3. The lowest BCUT2D eigenvalue weighted by atomic mass is 10.1. The van der Waals surface area contributed by atoms with E-state index in [1.165, 1.54) is 0 Å². The van der Waals surface area contributed by atoms with Crippen LogP contribution in [0, 0.1) is 0 Å². The van der Waals surface area contributed by atoms with E-state index >= 15 is 0 Å². The minimum atomic E-state index is -5.60. The molecule has 276 valence electrons. The maximum absolute atomic E-state index is 13.3. The van der Waals surface area contributed by atoms with Gasteiger partial charge in [-0.15, -0.1) is 0 Å². The van der Waals surface area contributed by atoms with E-state index in [-0.39, 0.29) is 26.7 Å². The van der Waals surface area contributed by atoms with E-state index in [2.05, 4.69) is 19.4 Å². The first-order valence-corrected chi connectivity index (χ1v) is 16.8. The van der Waals surface area contributed by atoms with Gasteiger partial charge in [-0.3, -0.25) is 0 Å². The molecule has 0 bridgehead atoms. The maximum Gasteiger partial charge on any atom is 0.491 e. The molecular formula is C27H19ClF9N5O7S2. The Kier molecular flexibility index (Phi) is 10.7. The number of sulfonamides is 1. The Balaban J connectivity index is 1.71. The molecule has 0 radical (unpaired) electrons. The Bertz CT molecular complexity index is 2190. The summed E-state index contributed by atoms with van der Waals surface area (Å²) in [5.74, 6) is -5.24. The minimum absolute atomic E-state index is 0.00656. The van der Waals surface area contributed by atoms with E-state index < -0.39 is 96.4 Å². The van der Waals surface area contributed by atoms with Gasteiger partial charge in [0.2, 0.25) is 10.0 Å². The third kappa shape index (κ3) is 9.66. The molecule has 0 unspecified atom stereocenters. The van der Waals surface area contributed by atoms with Crippen LogP contribution < -0.4 is 14.2 Å². The van der Waals surface area contributed by atoms with E-state index in [0.717, 1.165) is 30.3 Å². The number of benzene rings is 3. The molecule has 0 aliphatic rings. The van der Waals surface area contributed by atoms with Gasteiger partial charge < -0.3 is 9.72 Å². The van der Waals surface area contributed by atoms with Gasteiger partial charge >= 0.3 is 30.5 Å². The molecule has 1 heterocycles. The first-order valence-electron chi connectivity index (χ1n) is 13.4. The van der Waals surface area contributed by atoms with E-state index in [9.17, 15) is 65.9 Å². The summed E-state index contributed by atoms with van der Waals surface area (Å²) in [4.78, 5) is 29.0. The summed E-state index contributed by atoms with van der Waals surface area (Å²) in [6.45, 7) is -1.56. The number of fused-ring (bicyclic) bond motifs is 1. The number of imidazole rings is 1. The highest BCUT2D eigenvalue weighted by molar-refractivity contribution is 7.90. The van der Waals surface area contributed by atoms with Crippen molar-refractivity contribution in [2.45, 2.75) is 35.9 Å². The number of nitrogens with zero attached hydrogens (tertiary/aromatic N) is 2. The number of aromatic amines is 1. The van der Waals surface area contributed by atoms with Crippen molar-refractivity contribution in [3.05, 3.63) is 88.2 Å². The molecule has 24 heteroatoms. The third-order valence-electron chi connectivity index (χ3n) is 6.69. The fourth-order valence-electron chi connectivity index (χ4n) is 4.38. The molecule has 0 saturated heterocycles. The van der Waals surface area contributed by atoms with Crippen molar-refractivity contribution in [1.82, 2.24) is 14.7 Å². The number of anilines is 1. The molecule has 1 atom stereocenters. The summed E-state index contributed by atoms with van der Waals surface area (Å²) < 4.78 is 173. The second-order valence-corrected chi connectivity index (χ2v) is 13.9. The van der Waals surface area contributed by atoms with Crippen LogP contribution in [0.1, 0.15) is 28.6 Å². The molecule has 0 amide bonds. The van der Waals surface area contributed by atoms with Crippen molar-refractivity contribution in [3.63, 3.8) is 0 Å². The number of halogens is 10. The first-order chi connectivity index (χ1) is 23.3. The molecule has 0 aliphatic heterocycles. The molecule has 4 N–H and O–H groups in total. The van der Waals surface area contributed by atoms with Crippen molar-refractivity contribution in [2.75, 3.05) is 10.8 Å². The molecule has 4 rings (SSSR count). The van der Waals surface area contributed by atoms with Crippen LogP contribution in [-0.4, -0.2) is 51.5 Å². The zero-order valence-corrected chi connectivity index (χ0v) is 27.1. The first kappa shape index (κ1) is 39.3. The van der Waals surface area contributed by atoms with Crippen LogP contribution >= 0.6 is 11.6 Å². The summed E-state index contributed by atoms with van der Waals surface area (Å²) in [6, 6.07) is 6.11. The summed E-state index contributed by atoms with van der Waals surface area (Å²) in [6.07, 6.45) is -15.7. The van der Waals surface area contributed by atoms with Crippen molar-refractivity contribution >= 4 is 60.5 Å². The van der Waals surface area contributed by atoms with Gasteiger partial charge in [0.25, 0.3) is 10.2 Å². The molecule has 0 aliphatic carbocycles. The van der Waals surface area contributed by atoms with Gasteiger partial charge in [-0.25, -0.2) is 37.2 Å². The largest absolute Gasteiger partial charge is 0.491 e. The average molecular weight is 796 g/mol. The third-order valence-corrected chi connectivity index (χ3v) is 9.42. The number of esters is 2. The number of ether oxygens (including phenoxy) is 1. The number of carbonyl (C=O) groups is 2. The van der Waals surface area contributed by atoms with Crippen molar-refractivity contribution in [2.24, 2.45) is 5.14 Å². The highest BCUT2D eigenvalue weighted by Gasteiger charge is 2.43. The predicted molar refractivity (Wildman–Crippen MR) is 158 cm³/mol. The number of carbonyl (C=O) groups excluding carboxylic acids is 2. The Morgan fingerprint density at radius 3 is 2.00 bits per heavy atom. The highest BCUT2D eigenvalue weighted by atomic mass is 35.5. The van der Waals surface area contributed by atoms with Crippen molar-refractivity contribution in [3.8, 4) is 0 Å². The zero-order chi connectivity index (χ0) is 38.3. The topological polar surface area (TPSA) is 182 Å². The van der Waals surface area contributed by atoms with E-state index in [4.69, 9.17) is 16.7 Å². The lowest BCUT2D eigenvalue weighted by Crippen LogP contribution is -2.42. The van der Waals surface area contributed by atoms with E-state index in [1.807, 2.05) is 0 Å². The average Bonchev–Trinajstić information content (AvgIpc) is 3.42. The summed E-state index contributed by atoms with van der Waals surface area (Å²) in [5.41, 5.74) is -3.09. The van der Waals surface area contributed by atoms with Crippen LogP contribution in [0.5, 0.6) is 0 Å². The molecule has 3 aromatic carbocycles. The smallest absolute Gasteiger partial charge is 0.385 e. The number of rotatable bonds is 10. The summed E-state index contributed by atoms with van der Waals surface area (Å²) in [7, 11) is -9.68. The molecule has 0 fully saturated rings. The van der Waals surface area contributed by atoms with Gasteiger partial charge in [-0.1, -0.05) is 17.7 Å². The molecule has 0 spiro atoms. The number of H-pyrrole nitrogens is 1. The molecule has 51 heavy (non-hydrogen) atoms. The normalized spacial score (nSPS) is 13.6. The Morgan fingerprint density at radius 1 is 0.882 bits per heavy atom. The van der Waals surface area contributed by atoms with Crippen LogP contribution in [0.25, 0.3) is 11.0 Å². The monoisotopic (exact) mass is 795 g/mol. The van der Waals surface area contributed by atoms with Crippen LogP contribution in [0.15, 0.2) is 65.6 Å². The van der Waals surface area contributed by atoms with Crippen LogP contribution in [0.3, 0.4) is 0 Å². The van der Waals surface area contributed by atoms with Crippen LogP contribution in [0.4, 0.5) is 45.2 Å². The molecule has 12 nitrogen and oxygen atoms in total. The molecule has 1 aromatic heterocycles. The van der Waals surface area contributed by atoms with Gasteiger partial charge in [-0.2, -0.15) is 47.9 Å². The lowest BCUT2D eigenvalue weighted by Gasteiger charge is -2.23. The fourth-order valence-corrected chi connectivity index (χ4v) is 6.65. The fraction of sp³-hybridized carbons (Fsp3) is 0.222. The predicted octanol–water partition coefficient (Wildman–Crippen LogP) is 5.16. The number of nitrogens with two attached hydrogens (primary N) is 1. The lowest BCUT2D eigenvalue weighted by molar-refractivity contribution is -0.201. The maximum atomic E-state index is 13.3. The standard InChI is InChI=1S/C27H19ClF9N5O7S2/c28-17-9-13(1-8-21(17)42(51(38,47)48)12-22(43)49-24(44)27(35,36)37)10-20(23-39-18-7-4-15(26(32,33)34)11-19(18)40-23)41-50(45,46)16-5-2-14(3-6-16)25(29,30)31/h1-9,11,20,41H,10,12H2,(H,39,40)(H2,38,47,48)/t20-/m0/s1. The van der Waals surface area contributed by atoms with E-state index in [0.29, 0.717) is 30.3 Å². The summed E-state index contributed by atoms with van der Waals surface area (Å²) in [5, 5.41) is 4.52. The molecule has 4 aromatic rings. The second-order valence-electron chi connectivity index (χ2n) is 10.3. The Labute approximate surface area is 285 Å². The number of nitrogens with one attached hydrogen (secondary N) is 2. The Hall–Kier alpha value is -4.45. The Morgan fingerprint density at radius 2 is 1.47 bits per heavy atom. The molecular weight excluding hydrogens is 777 g/mol. The van der Waals surface area contributed by atoms with Crippen LogP contribution in [-0.2, 0) is 53.3 Å². The molecule has 0 saturated carbocycles. The zero-order valence-electron chi connectivity index (χ0n) is 24.7. The number of aromatic nitrogens is 2. The number of hydrogen-bond acceptors (Lipinski definition) is 8. The van der Waals surface area contributed by atoms with Crippen molar-refractivity contribution < 1.29 is 70.7 Å². The summed E-state index contributed by atoms with van der Waals surface area (Å²) >= 11 is 6.21. The second kappa shape index (κ2) is 13.9. The van der Waals surface area contributed by atoms with Gasteiger partial charge in [0.15, 0.2) is 0 Å². The number of alkyl halides is 9. The quantitative estimate of drug-likeness (QED) is 0.112. The van der Waals surface area contributed by atoms with Gasteiger partial charge in [0.1, 0.15) is 12.4 Å². The van der Waals surface area contributed by atoms with Crippen molar-refractivity contribution in [1.29, 1.82) is 0 Å². The van der Waals surface area contributed by atoms with Crippen LogP contribution in [0.2, 0.25) is 5.02 Å². The van der Waals surface area contributed by atoms with Gasteiger partial charge in [-0.05, 0) is 66.6 Å². The SMILES string of the molecule is NS(=O)(=O)N(CC(=O)OC(=O)C(F)(F)F)c1ccc(C[C@H](NS(=O)(=O)c2ccc(C(F)(F)F)cc2)c2nc3cc(C(F)(F)F)ccc3[nH]2)cc1Cl. The minimum Gasteiger partial charge on any atom is -0.385 e. The highest BCUT2D eigenvalue weighted by Crippen LogP contribution is 2.34. The van der Waals surface area contributed by atoms with Gasteiger partial charge in [0.05, 0.1) is 43.8 Å². The van der Waals surface area contributed by atoms with E-state index in [1.54, 1.807) is 0 Å². The van der Waals surface area contributed by atoms with Gasteiger partial charge in [0, 0.05) is 0 Å².